The molecule has 0 aliphatic rings. The van der Waals surface area contributed by atoms with Crippen LogP contribution in [0.15, 0.2) is 18.5 Å². The summed E-state index contributed by atoms with van der Waals surface area (Å²) in [6.07, 6.45) is 3.25. The molecule has 0 fully saturated rings. The van der Waals surface area contributed by atoms with Crippen molar-refractivity contribution in [3.63, 3.8) is 0 Å². The van der Waals surface area contributed by atoms with Gasteiger partial charge in [-0.25, -0.2) is 4.68 Å². The molecule has 0 aliphatic carbocycles. The van der Waals surface area contributed by atoms with Crippen LogP contribution in [0.25, 0.3) is 5.95 Å². The van der Waals surface area contributed by atoms with E-state index >= 15 is 0 Å². The molecule has 0 saturated carbocycles. The molecule has 0 bridgehead atoms. The summed E-state index contributed by atoms with van der Waals surface area (Å²) in [5.74, 6) is -0.00885. The number of carbonyl (C=O) groups excluding carboxylic acids is 1. The molecule has 9 heteroatoms. The fraction of sp³-hybridized carbons (Fsp3) is 0.222. The number of anilines is 1. The van der Waals surface area contributed by atoms with Gasteiger partial charge in [-0.3, -0.25) is 4.79 Å². The van der Waals surface area contributed by atoms with E-state index in [2.05, 4.69) is 30.1 Å². The van der Waals surface area contributed by atoms with Crippen molar-refractivity contribution in [1.82, 2.24) is 24.7 Å². The quantitative estimate of drug-likeness (QED) is 0.797. The van der Waals surface area contributed by atoms with Crippen molar-refractivity contribution in [2.75, 3.05) is 19.0 Å². The number of halogens is 1. The Kier molecular flexibility index (Phi) is 3.68. The highest BCUT2D eigenvalue weighted by atomic mass is 35.5. The monoisotopic (exact) mass is 268 g/mol. The van der Waals surface area contributed by atoms with Crippen molar-refractivity contribution in [2.24, 2.45) is 0 Å². The molecule has 94 valence electrons. The highest BCUT2D eigenvalue weighted by Crippen LogP contribution is 2.08. The molecule has 0 unspecified atom stereocenters. The predicted octanol–water partition coefficient (Wildman–Crippen LogP) is 0.296. The van der Waals surface area contributed by atoms with Crippen LogP contribution < -0.4 is 5.32 Å². The van der Waals surface area contributed by atoms with Crippen LogP contribution in [0.4, 0.5) is 5.95 Å². The molecule has 18 heavy (non-hydrogen) atoms. The van der Waals surface area contributed by atoms with Gasteiger partial charge in [0.1, 0.15) is 6.54 Å². The maximum absolute atomic E-state index is 11.0. The normalized spacial score (nSPS) is 10.1. The van der Waals surface area contributed by atoms with E-state index in [0.717, 1.165) is 0 Å². The highest BCUT2D eigenvalue weighted by molar-refractivity contribution is 6.28. The van der Waals surface area contributed by atoms with Crippen LogP contribution in [0.5, 0.6) is 0 Å². The van der Waals surface area contributed by atoms with Gasteiger partial charge in [-0.2, -0.15) is 20.1 Å². The van der Waals surface area contributed by atoms with Crippen LogP contribution >= 0.6 is 11.6 Å². The zero-order chi connectivity index (χ0) is 13.0. The summed E-state index contributed by atoms with van der Waals surface area (Å²) >= 11 is 5.76. The second-order valence-electron chi connectivity index (χ2n) is 3.11. The van der Waals surface area contributed by atoms with Crippen molar-refractivity contribution >= 4 is 23.5 Å². The minimum Gasteiger partial charge on any atom is -0.468 e. The summed E-state index contributed by atoms with van der Waals surface area (Å²) in [4.78, 5) is 22.8. The summed E-state index contributed by atoms with van der Waals surface area (Å²) in [6, 6.07) is 1.72. The van der Waals surface area contributed by atoms with E-state index in [9.17, 15) is 4.79 Å². The first-order valence-electron chi connectivity index (χ1n) is 4.91. The zero-order valence-electron chi connectivity index (χ0n) is 9.37. The van der Waals surface area contributed by atoms with Crippen LogP contribution in [0.3, 0.4) is 0 Å². The summed E-state index contributed by atoms with van der Waals surface area (Å²) in [5.41, 5.74) is 0. The average molecular weight is 269 g/mol. The Morgan fingerprint density at radius 1 is 1.50 bits per heavy atom. The third-order valence-electron chi connectivity index (χ3n) is 1.92. The van der Waals surface area contributed by atoms with Crippen LogP contribution in [0, 0.1) is 0 Å². The number of methoxy groups -OCH3 is 1. The molecule has 0 atom stereocenters. The Labute approximate surface area is 107 Å². The summed E-state index contributed by atoms with van der Waals surface area (Å²) in [5, 5.41) is 6.64. The lowest BCUT2D eigenvalue weighted by Gasteiger charge is -2.05. The topological polar surface area (TPSA) is 94.8 Å². The molecule has 2 aromatic rings. The Balaban J connectivity index is 2.19. The van der Waals surface area contributed by atoms with Gasteiger partial charge in [0, 0.05) is 12.4 Å². The molecule has 0 amide bonds. The van der Waals surface area contributed by atoms with Crippen LogP contribution in [0.1, 0.15) is 0 Å². The standard InChI is InChI=1S/C9H9ClN6O2/c1-18-6(17)5-11-8-13-7(10)14-9(15-8)16-4-2-3-12-16/h2-4H,5H2,1H3,(H,11,13,14,15). The van der Waals surface area contributed by atoms with Crippen LogP contribution in [-0.4, -0.2) is 44.4 Å². The number of rotatable bonds is 4. The first-order valence-corrected chi connectivity index (χ1v) is 5.29. The Bertz CT molecular complexity index is 544. The Morgan fingerprint density at radius 2 is 2.33 bits per heavy atom. The van der Waals surface area contributed by atoms with Gasteiger partial charge < -0.3 is 10.1 Å². The van der Waals surface area contributed by atoms with E-state index in [1.54, 1.807) is 18.5 Å². The van der Waals surface area contributed by atoms with Crippen molar-refractivity contribution in [3.05, 3.63) is 23.7 Å². The lowest BCUT2D eigenvalue weighted by atomic mass is 10.6. The molecule has 0 spiro atoms. The maximum atomic E-state index is 11.0. The fourth-order valence-corrected chi connectivity index (χ4v) is 1.29. The van der Waals surface area contributed by atoms with Gasteiger partial charge in [0.15, 0.2) is 0 Å². The second kappa shape index (κ2) is 5.41. The minimum atomic E-state index is -0.438. The van der Waals surface area contributed by atoms with E-state index in [4.69, 9.17) is 11.6 Å². The third-order valence-corrected chi connectivity index (χ3v) is 2.09. The van der Waals surface area contributed by atoms with Gasteiger partial charge in [0.25, 0.3) is 5.95 Å². The third kappa shape index (κ3) is 2.92. The van der Waals surface area contributed by atoms with Gasteiger partial charge in [-0.15, -0.1) is 0 Å². The van der Waals surface area contributed by atoms with Gasteiger partial charge in [0.05, 0.1) is 7.11 Å². The lowest BCUT2D eigenvalue weighted by Crippen LogP contribution is -2.17. The van der Waals surface area contributed by atoms with E-state index in [1.165, 1.54) is 11.8 Å². The van der Waals surface area contributed by atoms with Crippen molar-refractivity contribution in [1.29, 1.82) is 0 Å². The van der Waals surface area contributed by atoms with E-state index in [1.807, 2.05) is 0 Å². The number of aromatic nitrogens is 5. The van der Waals surface area contributed by atoms with Gasteiger partial charge in [-0.1, -0.05) is 0 Å². The number of ether oxygens (including phenoxy) is 1. The second-order valence-corrected chi connectivity index (χ2v) is 3.45. The molecule has 2 aromatic heterocycles. The number of nitrogens with one attached hydrogen (secondary N) is 1. The summed E-state index contributed by atoms with van der Waals surface area (Å²) in [6.45, 7) is -0.0601. The van der Waals surface area contributed by atoms with Gasteiger partial charge in [-0.05, 0) is 17.7 Å². The van der Waals surface area contributed by atoms with E-state index in [-0.39, 0.29) is 23.7 Å². The first-order chi connectivity index (χ1) is 8.69. The van der Waals surface area contributed by atoms with E-state index in [0.29, 0.717) is 0 Å². The molecule has 0 aromatic carbocycles. The van der Waals surface area contributed by atoms with Crippen molar-refractivity contribution in [2.45, 2.75) is 0 Å². The fourth-order valence-electron chi connectivity index (χ4n) is 1.13. The van der Waals surface area contributed by atoms with Crippen LogP contribution in [0.2, 0.25) is 5.28 Å². The number of hydrogen-bond donors (Lipinski definition) is 1. The molecular formula is C9H9ClN6O2. The van der Waals surface area contributed by atoms with Crippen molar-refractivity contribution < 1.29 is 9.53 Å². The molecule has 0 saturated heterocycles. The van der Waals surface area contributed by atoms with Gasteiger partial charge >= 0.3 is 5.97 Å². The first kappa shape index (κ1) is 12.2. The Hall–Kier alpha value is -2.22. The molecular weight excluding hydrogens is 260 g/mol. The molecule has 1 N–H and O–H groups in total. The number of esters is 1. The number of hydrogen-bond acceptors (Lipinski definition) is 7. The number of nitrogens with zero attached hydrogens (tertiary/aromatic N) is 5. The smallest absolute Gasteiger partial charge is 0.325 e. The average Bonchev–Trinajstić information content (AvgIpc) is 2.89. The molecule has 8 nitrogen and oxygen atoms in total. The summed E-state index contributed by atoms with van der Waals surface area (Å²) < 4.78 is 5.91. The minimum absolute atomic E-state index is 0.00265. The molecule has 2 rings (SSSR count). The van der Waals surface area contributed by atoms with Crippen LogP contribution in [-0.2, 0) is 9.53 Å². The predicted molar refractivity (Wildman–Crippen MR) is 62.5 cm³/mol. The van der Waals surface area contributed by atoms with Gasteiger partial charge in [0.2, 0.25) is 11.2 Å². The molecule has 0 radical (unpaired) electrons. The SMILES string of the molecule is COC(=O)CNc1nc(Cl)nc(-n2cccn2)n1. The molecule has 2 heterocycles. The highest BCUT2D eigenvalue weighted by Gasteiger charge is 2.08. The molecule has 0 aliphatic heterocycles. The summed E-state index contributed by atoms with van der Waals surface area (Å²) in [7, 11) is 1.29. The largest absolute Gasteiger partial charge is 0.468 e. The lowest BCUT2D eigenvalue weighted by molar-refractivity contribution is -0.138. The number of carbonyl (C=O) groups is 1. The maximum Gasteiger partial charge on any atom is 0.325 e. The van der Waals surface area contributed by atoms with Crippen molar-refractivity contribution in [3.8, 4) is 5.95 Å². The van der Waals surface area contributed by atoms with E-state index < -0.39 is 5.97 Å². The Morgan fingerprint density at radius 3 is 3.00 bits per heavy atom. The zero-order valence-corrected chi connectivity index (χ0v) is 10.1.